The third-order valence-corrected chi connectivity index (χ3v) is 5.61. The summed E-state index contributed by atoms with van der Waals surface area (Å²) in [5, 5.41) is 11.1. The zero-order valence-corrected chi connectivity index (χ0v) is 19.5. The van der Waals surface area contributed by atoms with Crippen LogP contribution >= 0.6 is 23.2 Å². The number of piperazine rings is 1. The number of alkyl halides is 1. The molecule has 7 nitrogen and oxygen atoms in total. The van der Waals surface area contributed by atoms with Crippen LogP contribution in [-0.4, -0.2) is 47.9 Å². The Bertz CT molecular complexity index is 1190. The highest BCUT2D eigenvalue weighted by Gasteiger charge is 2.26. The summed E-state index contributed by atoms with van der Waals surface area (Å²) in [6.45, 7) is 2.11. The summed E-state index contributed by atoms with van der Waals surface area (Å²) in [5.74, 6) is -0.0457. The highest BCUT2D eigenvalue weighted by molar-refractivity contribution is 6.30. The summed E-state index contributed by atoms with van der Waals surface area (Å²) >= 11 is 10.5. The highest BCUT2D eigenvalue weighted by Crippen LogP contribution is 2.29. The van der Waals surface area contributed by atoms with Gasteiger partial charge in [0.1, 0.15) is 11.6 Å². The number of para-hydroxylation sites is 1. The van der Waals surface area contributed by atoms with Crippen molar-refractivity contribution < 1.29 is 4.79 Å². The maximum Gasteiger partial charge on any atom is 0.270 e. The van der Waals surface area contributed by atoms with E-state index in [9.17, 15) is 14.9 Å². The molecule has 0 aliphatic carbocycles. The number of hydrogen-bond acceptors (Lipinski definition) is 5. The molecule has 0 saturated carbocycles. The van der Waals surface area contributed by atoms with Gasteiger partial charge >= 0.3 is 0 Å². The largest absolute Gasteiger partial charge is 0.366 e. The molecule has 1 aliphatic heterocycles. The number of nitriles is 1. The third-order valence-electron chi connectivity index (χ3n) is 5.36. The Morgan fingerprint density at radius 3 is 2.19 bits per heavy atom. The van der Waals surface area contributed by atoms with Gasteiger partial charge in [-0.05, 0) is 30.3 Å². The number of nitrogens with zero attached hydrogens (tertiary/aromatic N) is 4. The molecule has 9 heteroatoms. The summed E-state index contributed by atoms with van der Waals surface area (Å²) in [6, 6.07) is 16.5. The monoisotopic (exact) mass is 473 g/mol. The lowest BCUT2D eigenvalue weighted by Gasteiger charge is -2.37. The van der Waals surface area contributed by atoms with Crippen LogP contribution in [0.1, 0.15) is 15.9 Å². The fraction of sp³-hybridized carbons (Fsp3) is 0.261. The van der Waals surface area contributed by atoms with Crippen LogP contribution in [0.3, 0.4) is 0 Å². The molecule has 0 unspecified atom stereocenters. The van der Waals surface area contributed by atoms with Gasteiger partial charge in [0.2, 0.25) is 0 Å². The van der Waals surface area contributed by atoms with E-state index in [4.69, 9.17) is 11.6 Å². The highest BCUT2D eigenvalue weighted by atomic mass is 35.5. The maximum atomic E-state index is 12.7. The predicted molar refractivity (Wildman–Crippen MR) is 130 cm³/mol. The molecule has 32 heavy (non-hydrogen) atoms. The fourth-order valence-corrected chi connectivity index (χ4v) is 3.94. The first-order valence-electron chi connectivity index (χ1n) is 9.70. The second-order valence-electron chi connectivity index (χ2n) is 7.00. The molecule has 1 saturated heterocycles. The minimum atomic E-state index is -0.305. The molecule has 3 N–H and O–H groups in total. The minimum Gasteiger partial charge on any atom is -0.366 e. The van der Waals surface area contributed by atoms with Gasteiger partial charge in [-0.25, -0.2) is 0 Å². The van der Waals surface area contributed by atoms with E-state index in [1.165, 1.54) is 11.0 Å². The molecular weight excluding hydrogens is 449 g/mol. The molecule has 0 radical (unpaired) electrons. The normalized spacial score (nSPS) is 13.0. The first kappa shape index (κ1) is 25.2. The Morgan fingerprint density at radius 1 is 1.00 bits per heavy atom. The first-order valence-corrected chi connectivity index (χ1v) is 10.8. The topological polar surface area (TPSA) is 104 Å². The van der Waals surface area contributed by atoms with E-state index < -0.39 is 0 Å². The van der Waals surface area contributed by atoms with Crippen molar-refractivity contribution in [3.05, 3.63) is 75.0 Å². The number of benzene rings is 2. The van der Waals surface area contributed by atoms with E-state index in [0.29, 0.717) is 42.5 Å². The molecule has 1 aliphatic rings. The molecule has 3 aromatic rings. The number of halogens is 2. The number of anilines is 1. The summed E-state index contributed by atoms with van der Waals surface area (Å²) in [6.07, 6.45) is 1.47. The smallest absolute Gasteiger partial charge is 0.270 e. The number of carbonyl (C=O) groups is 1. The molecule has 2 heterocycles. The van der Waals surface area contributed by atoms with E-state index in [0.717, 1.165) is 10.9 Å². The van der Waals surface area contributed by atoms with Gasteiger partial charge in [-0.1, -0.05) is 29.8 Å². The summed E-state index contributed by atoms with van der Waals surface area (Å²) < 4.78 is 1.51. The van der Waals surface area contributed by atoms with Crippen molar-refractivity contribution in [2.45, 2.75) is 0 Å². The van der Waals surface area contributed by atoms with Gasteiger partial charge in [0.25, 0.3) is 11.5 Å². The van der Waals surface area contributed by atoms with Crippen molar-refractivity contribution in [3.8, 4) is 6.07 Å². The summed E-state index contributed by atoms with van der Waals surface area (Å²) in [4.78, 5) is 29.3. The second kappa shape index (κ2) is 11.0. The van der Waals surface area contributed by atoms with Crippen molar-refractivity contribution >= 4 is 45.7 Å². The van der Waals surface area contributed by atoms with Gasteiger partial charge in [-0.3, -0.25) is 9.59 Å². The predicted octanol–water partition coefficient (Wildman–Crippen LogP) is 4.04. The maximum absolute atomic E-state index is 12.7. The van der Waals surface area contributed by atoms with Gasteiger partial charge in [0, 0.05) is 55.6 Å². The molecule has 1 aromatic heterocycles. The molecule has 4 rings (SSSR count). The van der Waals surface area contributed by atoms with Crippen LogP contribution in [0.25, 0.3) is 10.9 Å². The average Bonchev–Trinajstić information content (AvgIpc) is 2.82. The number of aromatic nitrogens is 1. The van der Waals surface area contributed by atoms with Crippen molar-refractivity contribution in [2.75, 3.05) is 37.5 Å². The van der Waals surface area contributed by atoms with Gasteiger partial charge in [-0.2, -0.15) is 5.26 Å². The summed E-state index contributed by atoms with van der Waals surface area (Å²) in [7, 11) is 1.68. The zero-order valence-electron chi connectivity index (χ0n) is 18.0. The fourth-order valence-electron chi connectivity index (χ4n) is 3.82. The number of aryl methyl sites for hydroxylation is 1. The van der Waals surface area contributed by atoms with E-state index >= 15 is 0 Å². The number of hydrogen-bond donors (Lipinski definition) is 1. The van der Waals surface area contributed by atoms with E-state index in [-0.39, 0.29) is 23.2 Å². The van der Waals surface area contributed by atoms with Crippen LogP contribution in [0.4, 0.5) is 5.69 Å². The molecule has 1 fully saturated rings. The molecular formula is C23H25Cl2N5O2. The number of carbonyl (C=O) groups excluding carboxylic acids is 1. The quantitative estimate of drug-likeness (QED) is 0.565. The third kappa shape index (κ3) is 4.73. The molecule has 168 valence electrons. The summed E-state index contributed by atoms with van der Waals surface area (Å²) in [5.41, 5.74) is 1.88. The van der Waals surface area contributed by atoms with Crippen molar-refractivity contribution in [1.82, 2.24) is 15.6 Å². The number of amides is 1. The van der Waals surface area contributed by atoms with Gasteiger partial charge in [-0.15, -0.1) is 11.6 Å². The first-order chi connectivity index (χ1) is 15.0. The Hall–Kier alpha value is -3.05. The number of rotatable bonds is 2. The lowest BCUT2D eigenvalue weighted by atomic mass is 10.1. The van der Waals surface area contributed by atoms with Crippen LogP contribution < -0.4 is 16.6 Å². The number of pyridine rings is 1. The van der Waals surface area contributed by atoms with Crippen molar-refractivity contribution in [2.24, 2.45) is 7.05 Å². The molecule has 0 bridgehead atoms. The Balaban J connectivity index is 0.00000118. The van der Waals surface area contributed by atoms with Gasteiger partial charge in [0.15, 0.2) is 0 Å². The molecule has 0 spiro atoms. The average molecular weight is 474 g/mol. The van der Waals surface area contributed by atoms with Crippen LogP contribution in [0.2, 0.25) is 5.02 Å². The lowest BCUT2D eigenvalue weighted by Crippen LogP contribution is -2.49. The lowest BCUT2D eigenvalue weighted by molar-refractivity contribution is 0.0747. The standard InChI is InChI=1S/C22H19ClN4O2.CH3Cl.H3N/c1-25-19-5-3-2-4-17(19)20(18(14-24)22(25)29)26-10-12-27(13-11-26)21(28)15-6-8-16(23)9-7-15;1-2;/h2-9H,10-13H2,1H3;1H3;1H3. The second-order valence-corrected chi connectivity index (χ2v) is 7.44. The van der Waals surface area contributed by atoms with Crippen molar-refractivity contribution in [1.29, 1.82) is 5.26 Å². The molecule has 0 atom stereocenters. The van der Waals surface area contributed by atoms with Crippen LogP contribution in [0, 0.1) is 11.3 Å². The molecule has 1 amide bonds. The zero-order chi connectivity index (χ0) is 22.5. The van der Waals surface area contributed by atoms with Crippen LogP contribution in [0.15, 0.2) is 53.3 Å². The van der Waals surface area contributed by atoms with E-state index in [2.05, 4.69) is 17.7 Å². The van der Waals surface area contributed by atoms with Gasteiger partial charge in [0.05, 0.1) is 11.2 Å². The Kier molecular flexibility index (Phi) is 8.67. The van der Waals surface area contributed by atoms with Crippen LogP contribution in [-0.2, 0) is 7.05 Å². The van der Waals surface area contributed by atoms with Gasteiger partial charge < -0.3 is 20.5 Å². The Morgan fingerprint density at radius 2 is 1.59 bits per heavy atom. The van der Waals surface area contributed by atoms with Crippen molar-refractivity contribution in [3.63, 3.8) is 0 Å². The van der Waals surface area contributed by atoms with Crippen LogP contribution in [0.5, 0.6) is 0 Å². The molecule has 2 aromatic carbocycles. The SMILES string of the molecule is CCl.Cn1c(=O)c(C#N)c(N2CCN(C(=O)c3ccc(Cl)cc3)CC2)c2ccccc21.N. The number of fused-ring (bicyclic) bond motifs is 1. The minimum absolute atomic E-state index is 0. The van der Waals surface area contributed by atoms with E-state index in [1.54, 1.807) is 36.2 Å². The Labute approximate surface area is 196 Å². The van der Waals surface area contributed by atoms with E-state index in [1.807, 2.05) is 29.2 Å².